The molecule has 1 amide bonds. The van der Waals surface area contributed by atoms with Gasteiger partial charge in [-0.3, -0.25) is 4.90 Å². The summed E-state index contributed by atoms with van der Waals surface area (Å²) in [5.41, 5.74) is -0.350. The maximum absolute atomic E-state index is 13.3. The molecule has 0 N–H and O–H groups in total. The van der Waals surface area contributed by atoms with Crippen LogP contribution in [0.4, 0.5) is 29.3 Å². The van der Waals surface area contributed by atoms with E-state index >= 15 is 0 Å². The minimum Gasteiger partial charge on any atom is -0.491 e. The number of alkyl halides is 3. The van der Waals surface area contributed by atoms with Crippen LogP contribution in [-0.2, 0) is 15.7 Å². The number of nitriles is 1. The molecule has 2 aliphatic heterocycles. The highest BCUT2D eigenvalue weighted by atomic mass is 19.4. The van der Waals surface area contributed by atoms with Crippen LogP contribution in [0.15, 0.2) is 42.5 Å². The molecule has 2 heterocycles. The van der Waals surface area contributed by atoms with E-state index in [4.69, 9.17) is 19.5 Å². The van der Waals surface area contributed by atoms with Gasteiger partial charge < -0.3 is 19.1 Å². The van der Waals surface area contributed by atoms with E-state index < -0.39 is 23.5 Å². The number of benzene rings is 2. The molecule has 168 valence electrons. The SMILES string of the molecule is C[C@H]1O[C@H](COc2ccc(N3CCOC3=O)cc2)CN1c1ccc(C#N)c(C(F)(F)F)c1. The number of carbonyl (C=O) groups is 1. The topological polar surface area (TPSA) is 75.0 Å². The predicted molar refractivity (Wildman–Crippen MR) is 108 cm³/mol. The number of anilines is 2. The van der Waals surface area contributed by atoms with Gasteiger partial charge in [-0.2, -0.15) is 18.4 Å². The van der Waals surface area contributed by atoms with Gasteiger partial charge in [-0.05, 0) is 49.4 Å². The molecule has 10 heteroatoms. The number of hydrogen-bond acceptors (Lipinski definition) is 6. The number of cyclic esters (lactones) is 1. The molecule has 0 radical (unpaired) electrons. The van der Waals surface area contributed by atoms with Crippen LogP contribution in [0.1, 0.15) is 18.1 Å². The number of amides is 1. The standard InChI is InChI=1S/C22H20F3N3O4/c1-14-28(17-3-2-15(11-26)20(10-17)22(23,24)25)12-19(32-14)13-31-18-6-4-16(5-7-18)27-8-9-30-21(27)29/h2-7,10,14,19H,8-9,12-13H2,1H3/t14-,19+/m1/s1. The fourth-order valence-electron chi connectivity index (χ4n) is 3.75. The molecular weight excluding hydrogens is 427 g/mol. The molecule has 0 aromatic heterocycles. The van der Waals surface area contributed by atoms with E-state index in [-0.39, 0.29) is 18.8 Å². The summed E-state index contributed by atoms with van der Waals surface area (Å²) in [5, 5.41) is 8.97. The molecule has 2 fully saturated rings. The van der Waals surface area contributed by atoms with Crippen molar-refractivity contribution in [1.82, 2.24) is 0 Å². The summed E-state index contributed by atoms with van der Waals surface area (Å²) in [7, 11) is 0. The third-order valence-electron chi connectivity index (χ3n) is 5.33. The van der Waals surface area contributed by atoms with Gasteiger partial charge in [0.1, 0.15) is 31.3 Å². The number of carbonyl (C=O) groups excluding carboxylic acids is 1. The number of ether oxygens (including phenoxy) is 3. The van der Waals surface area contributed by atoms with Gasteiger partial charge in [-0.1, -0.05) is 0 Å². The smallest absolute Gasteiger partial charge is 0.417 e. The number of halogens is 3. The molecular formula is C22H20F3N3O4. The Hall–Kier alpha value is -3.45. The van der Waals surface area contributed by atoms with E-state index in [1.807, 2.05) is 0 Å². The third-order valence-corrected chi connectivity index (χ3v) is 5.33. The zero-order valence-electron chi connectivity index (χ0n) is 17.1. The second-order valence-corrected chi connectivity index (χ2v) is 7.42. The lowest BCUT2D eigenvalue weighted by molar-refractivity contribution is -0.137. The van der Waals surface area contributed by atoms with Crippen molar-refractivity contribution in [1.29, 1.82) is 5.26 Å². The zero-order valence-corrected chi connectivity index (χ0v) is 17.1. The van der Waals surface area contributed by atoms with E-state index in [9.17, 15) is 18.0 Å². The van der Waals surface area contributed by atoms with E-state index in [1.165, 1.54) is 17.0 Å². The molecule has 4 rings (SSSR count). The molecule has 2 saturated heterocycles. The maximum atomic E-state index is 13.3. The molecule has 2 aliphatic rings. The highest BCUT2D eigenvalue weighted by Crippen LogP contribution is 2.36. The Morgan fingerprint density at radius 3 is 2.53 bits per heavy atom. The molecule has 32 heavy (non-hydrogen) atoms. The van der Waals surface area contributed by atoms with Crippen LogP contribution >= 0.6 is 0 Å². The summed E-state index contributed by atoms with van der Waals surface area (Å²) in [5.74, 6) is 0.578. The molecule has 2 aromatic rings. The second kappa shape index (κ2) is 8.59. The summed E-state index contributed by atoms with van der Waals surface area (Å²) in [4.78, 5) is 14.8. The first-order chi connectivity index (χ1) is 15.3. The highest BCUT2D eigenvalue weighted by molar-refractivity contribution is 5.89. The summed E-state index contributed by atoms with van der Waals surface area (Å²) in [6, 6.07) is 12.2. The Morgan fingerprint density at radius 2 is 1.91 bits per heavy atom. The number of rotatable bonds is 5. The number of nitrogens with zero attached hydrogens (tertiary/aromatic N) is 3. The van der Waals surface area contributed by atoms with Gasteiger partial charge in [0, 0.05) is 11.4 Å². The summed E-state index contributed by atoms with van der Waals surface area (Å²) >= 11 is 0. The Kier molecular flexibility index (Phi) is 5.84. The van der Waals surface area contributed by atoms with Gasteiger partial charge in [0.05, 0.1) is 30.3 Å². The first kappa shape index (κ1) is 21.8. The average Bonchev–Trinajstić information content (AvgIpc) is 3.36. The third kappa shape index (κ3) is 4.43. The second-order valence-electron chi connectivity index (χ2n) is 7.42. The van der Waals surface area contributed by atoms with E-state index in [1.54, 1.807) is 42.2 Å². The van der Waals surface area contributed by atoms with Gasteiger partial charge >= 0.3 is 12.3 Å². The lowest BCUT2D eigenvalue weighted by Crippen LogP contribution is -2.29. The van der Waals surface area contributed by atoms with Crippen molar-refractivity contribution in [3.63, 3.8) is 0 Å². The van der Waals surface area contributed by atoms with Crippen molar-refractivity contribution < 1.29 is 32.2 Å². The fraction of sp³-hybridized carbons (Fsp3) is 0.364. The first-order valence-corrected chi connectivity index (χ1v) is 9.97. The Bertz CT molecular complexity index is 1040. The highest BCUT2D eigenvalue weighted by Gasteiger charge is 2.36. The van der Waals surface area contributed by atoms with Crippen molar-refractivity contribution in [2.45, 2.75) is 25.4 Å². The van der Waals surface area contributed by atoms with Gasteiger partial charge in [0.25, 0.3) is 0 Å². The molecule has 0 saturated carbocycles. The lowest BCUT2D eigenvalue weighted by atomic mass is 10.1. The zero-order chi connectivity index (χ0) is 22.9. The Balaban J connectivity index is 1.39. The molecule has 2 atom stereocenters. The first-order valence-electron chi connectivity index (χ1n) is 9.97. The maximum Gasteiger partial charge on any atom is 0.417 e. The van der Waals surface area contributed by atoms with E-state index in [0.29, 0.717) is 36.8 Å². The molecule has 0 aliphatic carbocycles. The average molecular weight is 447 g/mol. The Labute approximate surface area is 182 Å². The molecule has 7 nitrogen and oxygen atoms in total. The summed E-state index contributed by atoms with van der Waals surface area (Å²) in [6.45, 7) is 3.13. The van der Waals surface area contributed by atoms with Crippen molar-refractivity contribution in [3.05, 3.63) is 53.6 Å². The van der Waals surface area contributed by atoms with Crippen LogP contribution in [0.25, 0.3) is 0 Å². The van der Waals surface area contributed by atoms with Crippen molar-refractivity contribution in [2.24, 2.45) is 0 Å². The van der Waals surface area contributed by atoms with Gasteiger partial charge in [-0.15, -0.1) is 0 Å². The monoisotopic (exact) mass is 447 g/mol. The summed E-state index contributed by atoms with van der Waals surface area (Å²) in [6.07, 6.45) is -5.82. The van der Waals surface area contributed by atoms with Crippen LogP contribution in [0.3, 0.4) is 0 Å². The normalized spacial score (nSPS) is 20.9. The quantitative estimate of drug-likeness (QED) is 0.685. The van der Waals surface area contributed by atoms with Gasteiger partial charge in [-0.25, -0.2) is 4.79 Å². The Morgan fingerprint density at radius 1 is 1.19 bits per heavy atom. The van der Waals surface area contributed by atoms with E-state index in [0.717, 1.165) is 6.07 Å². The predicted octanol–water partition coefficient (Wildman–Crippen LogP) is 4.16. The van der Waals surface area contributed by atoms with Gasteiger partial charge in [0.2, 0.25) is 0 Å². The fourth-order valence-corrected chi connectivity index (χ4v) is 3.75. The van der Waals surface area contributed by atoms with Crippen LogP contribution in [0.2, 0.25) is 0 Å². The summed E-state index contributed by atoms with van der Waals surface area (Å²) < 4.78 is 56.4. The molecule has 0 unspecified atom stereocenters. The van der Waals surface area contributed by atoms with Crippen LogP contribution in [0, 0.1) is 11.3 Å². The van der Waals surface area contributed by atoms with Crippen LogP contribution in [-0.4, -0.2) is 44.7 Å². The molecule has 2 aromatic carbocycles. The lowest BCUT2D eigenvalue weighted by Gasteiger charge is -2.23. The minimum atomic E-state index is -4.62. The van der Waals surface area contributed by atoms with Gasteiger partial charge in [0.15, 0.2) is 0 Å². The van der Waals surface area contributed by atoms with Crippen LogP contribution in [0.5, 0.6) is 5.75 Å². The van der Waals surface area contributed by atoms with E-state index in [2.05, 4.69) is 0 Å². The van der Waals surface area contributed by atoms with Crippen molar-refractivity contribution >= 4 is 17.5 Å². The largest absolute Gasteiger partial charge is 0.491 e. The van der Waals surface area contributed by atoms with Crippen molar-refractivity contribution in [3.8, 4) is 11.8 Å². The molecule has 0 bridgehead atoms. The van der Waals surface area contributed by atoms with Crippen molar-refractivity contribution in [2.75, 3.05) is 36.1 Å². The number of hydrogen-bond donors (Lipinski definition) is 0. The van der Waals surface area contributed by atoms with Crippen LogP contribution < -0.4 is 14.5 Å². The minimum absolute atomic E-state index is 0.203. The molecule has 0 spiro atoms.